The lowest BCUT2D eigenvalue weighted by atomic mass is 10.0. The Kier molecular flexibility index (Phi) is 7.56. The molecule has 4 rings (SSSR count). The number of amides is 1. The number of benzene rings is 2. The van der Waals surface area contributed by atoms with E-state index in [0.717, 1.165) is 16.9 Å². The number of hydrogen-bond donors (Lipinski definition) is 2. The van der Waals surface area contributed by atoms with Crippen molar-refractivity contribution in [1.29, 1.82) is 0 Å². The van der Waals surface area contributed by atoms with Crippen molar-refractivity contribution in [2.24, 2.45) is 11.0 Å². The fraction of sp³-hybridized carbons (Fsp3) is 0.250. The van der Waals surface area contributed by atoms with Gasteiger partial charge in [0.2, 0.25) is 11.6 Å². The van der Waals surface area contributed by atoms with Crippen molar-refractivity contribution in [1.82, 2.24) is 30.7 Å². The number of nitrogens with zero attached hydrogens (tertiary/aromatic N) is 6. The van der Waals surface area contributed by atoms with Crippen LogP contribution in [0.1, 0.15) is 48.1 Å². The van der Waals surface area contributed by atoms with Crippen LogP contribution < -0.4 is 11.2 Å². The lowest BCUT2D eigenvalue weighted by Crippen LogP contribution is -2.21. The van der Waals surface area contributed by atoms with E-state index < -0.39 is 5.91 Å². The fourth-order valence-corrected chi connectivity index (χ4v) is 4.30. The van der Waals surface area contributed by atoms with Gasteiger partial charge in [0.15, 0.2) is 5.69 Å². The number of nitrogens with two attached hydrogens (primary N) is 1. The van der Waals surface area contributed by atoms with E-state index in [0.29, 0.717) is 23.1 Å². The summed E-state index contributed by atoms with van der Waals surface area (Å²) in [6.45, 7) is 6.21. The van der Waals surface area contributed by atoms with E-state index >= 15 is 0 Å². The zero-order valence-corrected chi connectivity index (χ0v) is 20.5. The van der Waals surface area contributed by atoms with Gasteiger partial charge in [-0.1, -0.05) is 61.5 Å². The molecule has 0 radical (unpaired) electrons. The zero-order valence-electron chi connectivity index (χ0n) is 19.7. The first kappa shape index (κ1) is 24.1. The number of hydrogen-bond acceptors (Lipinski definition) is 9. The van der Waals surface area contributed by atoms with E-state index in [1.54, 1.807) is 0 Å². The molecule has 0 aliphatic heterocycles. The largest absolute Gasteiger partial charge is 0.378 e. The Morgan fingerprint density at radius 3 is 2.54 bits per heavy atom. The predicted octanol–water partition coefficient (Wildman–Crippen LogP) is 3.88. The predicted molar refractivity (Wildman–Crippen MR) is 134 cm³/mol. The van der Waals surface area contributed by atoms with Crippen LogP contribution in [-0.2, 0) is 12.2 Å². The minimum absolute atomic E-state index is 0.0441. The fourth-order valence-electron chi connectivity index (χ4n) is 3.39. The van der Waals surface area contributed by atoms with Gasteiger partial charge in [-0.2, -0.15) is 9.78 Å². The highest BCUT2D eigenvalue weighted by Crippen LogP contribution is 2.25. The Bertz CT molecular complexity index is 1310. The van der Waals surface area contributed by atoms with Crippen LogP contribution in [0.3, 0.4) is 0 Å². The average Bonchev–Trinajstić information content (AvgIpc) is 3.47. The highest BCUT2D eigenvalue weighted by molar-refractivity contribution is 7.98. The lowest BCUT2D eigenvalue weighted by Gasteiger charge is -2.07. The molecule has 1 amide bonds. The molecule has 0 unspecified atom stereocenters. The summed E-state index contributed by atoms with van der Waals surface area (Å²) in [5.41, 5.74) is 11.9. The molecular formula is C24H26N8O2S. The van der Waals surface area contributed by atoms with E-state index in [2.05, 4.69) is 57.1 Å². The molecule has 0 bridgehead atoms. The SMILES string of the molecule is CC(=NNC(=O)c1nnn(-c2nonc2N)c1CSc1ccccc1)c1ccc(CC(C)C)cc1. The molecule has 2 aromatic heterocycles. The Morgan fingerprint density at radius 2 is 1.89 bits per heavy atom. The summed E-state index contributed by atoms with van der Waals surface area (Å²) >= 11 is 1.52. The number of carbonyl (C=O) groups is 1. The van der Waals surface area contributed by atoms with Gasteiger partial charge in [-0.25, -0.2) is 10.1 Å². The molecule has 0 spiro atoms. The molecule has 0 atom stereocenters. The first-order valence-electron chi connectivity index (χ1n) is 11.1. The summed E-state index contributed by atoms with van der Waals surface area (Å²) in [5.74, 6) is 0.683. The second kappa shape index (κ2) is 11.0. The van der Waals surface area contributed by atoms with E-state index in [-0.39, 0.29) is 17.3 Å². The maximum atomic E-state index is 13.0. The van der Waals surface area contributed by atoms with Crippen LogP contribution in [0.4, 0.5) is 5.82 Å². The molecule has 2 aromatic carbocycles. The van der Waals surface area contributed by atoms with Gasteiger partial charge in [0.25, 0.3) is 5.91 Å². The summed E-state index contributed by atoms with van der Waals surface area (Å²) in [7, 11) is 0. The molecular weight excluding hydrogens is 464 g/mol. The van der Waals surface area contributed by atoms with E-state index in [9.17, 15) is 4.79 Å². The summed E-state index contributed by atoms with van der Waals surface area (Å²) in [4.78, 5) is 14.0. The Balaban J connectivity index is 1.54. The third-order valence-corrected chi connectivity index (χ3v) is 6.16. The van der Waals surface area contributed by atoms with Crippen molar-refractivity contribution >= 4 is 29.2 Å². The summed E-state index contributed by atoms with van der Waals surface area (Å²) in [6.07, 6.45) is 1.01. The van der Waals surface area contributed by atoms with Crippen LogP contribution in [0.5, 0.6) is 0 Å². The standard InChI is InChI=1S/C24H26N8O2S/c1-15(2)13-17-9-11-18(12-10-17)16(3)26-28-24(33)21-20(14-35-19-7-5-4-6-8-19)32(31-27-21)23-22(25)29-34-30-23/h4-12,15H,13-14H2,1-3H3,(H2,25,29)(H,28,33). The van der Waals surface area contributed by atoms with Gasteiger partial charge in [0, 0.05) is 10.6 Å². The molecule has 0 aliphatic carbocycles. The molecule has 0 saturated carbocycles. The second-order valence-corrected chi connectivity index (χ2v) is 9.35. The van der Waals surface area contributed by atoms with Crippen LogP contribution in [0.15, 0.2) is 69.2 Å². The number of nitrogens with one attached hydrogen (secondary N) is 1. The quantitative estimate of drug-likeness (QED) is 0.205. The number of hydrazone groups is 1. The maximum Gasteiger partial charge on any atom is 0.293 e. The highest BCUT2D eigenvalue weighted by Gasteiger charge is 2.24. The minimum atomic E-state index is -0.495. The molecule has 3 N–H and O–H groups in total. The van der Waals surface area contributed by atoms with Crippen molar-refractivity contribution in [3.05, 3.63) is 77.1 Å². The number of rotatable bonds is 9. The second-order valence-electron chi connectivity index (χ2n) is 8.30. The molecule has 35 heavy (non-hydrogen) atoms. The maximum absolute atomic E-state index is 13.0. The highest BCUT2D eigenvalue weighted by atomic mass is 32.2. The van der Waals surface area contributed by atoms with Gasteiger partial charge in [-0.05, 0) is 52.8 Å². The number of carbonyl (C=O) groups excluding carboxylic acids is 1. The lowest BCUT2D eigenvalue weighted by molar-refractivity contribution is 0.0949. The zero-order chi connectivity index (χ0) is 24.8. The molecule has 2 heterocycles. The molecule has 11 heteroatoms. The molecule has 4 aromatic rings. The van der Waals surface area contributed by atoms with E-state index in [1.165, 1.54) is 22.0 Å². The molecule has 0 fully saturated rings. The number of thioether (sulfide) groups is 1. The Hall–Kier alpha value is -3.99. The van der Waals surface area contributed by atoms with Crippen molar-refractivity contribution in [3.8, 4) is 5.82 Å². The van der Waals surface area contributed by atoms with Gasteiger partial charge in [-0.3, -0.25) is 4.79 Å². The van der Waals surface area contributed by atoms with Gasteiger partial charge >= 0.3 is 0 Å². The van der Waals surface area contributed by atoms with E-state index in [4.69, 9.17) is 10.4 Å². The van der Waals surface area contributed by atoms with E-state index in [1.807, 2.05) is 49.4 Å². The van der Waals surface area contributed by atoms with Crippen LogP contribution >= 0.6 is 11.8 Å². The van der Waals surface area contributed by atoms with Crippen molar-refractivity contribution in [2.45, 2.75) is 37.8 Å². The summed E-state index contributed by atoms with van der Waals surface area (Å²) < 4.78 is 6.06. The third kappa shape index (κ3) is 5.93. The monoisotopic (exact) mass is 490 g/mol. The topological polar surface area (TPSA) is 137 Å². The average molecular weight is 491 g/mol. The first-order chi connectivity index (χ1) is 16.9. The van der Waals surface area contributed by atoms with Gasteiger partial charge in [0.1, 0.15) is 0 Å². The summed E-state index contributed by atoms with van der Waals surface area (Å²) in [6, 6.07) is 17.9. The Morgan fingerprint density at radius 1 is 1.14 bits per heavy atom. The minimum Gasteiger partial charge on any atom is -0.378 e. The van der Waals surface area contributed by atoms with Crippen LogP contribution in [0.25, 0.3) is 5.82 Å². The van der Waals surface area contributed by atoms with Crippen LogP contribution in [-0.4, -0.2) is 36.9 Å². The normalized spacial score (nSPS) is 11.7. The van der Waals surface area contributed by atoms with Gasteiger partial charge < -0.3 is 5.73 Å². The van der Waals surface area contributed by atoms with Crippen molar-refractivity contribution in [3.63, 3.8) is 0 Å². The molecule has 0 saturated heterocycles. The summed E-state index contributed by atoms with van der Waals surface area (Å²) in [5, 5.41) is 19.8. The third-order valence-electron chi connectivity index (χ3n) is 5.13. The molecule has 180 valence electrons. The Labute approximate surface area is 206 Å². The van der Waals surface area contributed by atoms with Crippen LogP contribution in [0, 0.1) is 5.92 Å². The van der Waals surface area contributed by atoms with Crippen molar-refractivity contribution < 1.29 is 9.42 Å². The van der Waals surface area contributed by atoms with Gasteiger partial charge in [0.05, 0.1) is 11.4 Å². The van der Waals surface area contributed by atoms with Crippen LogP contribution in [0.2, 0.25) is 0 Å². The number of nitrogen functional groups attached to an aromatic ring is 1. The first-order valence-corrected chi connectivity index (χ1v) is 12.1. The molecule has 0 aliphatic rings. The number of aromatic nitrogens is 5. The van der Waals surface area contributed by atoms with Gasteiger partial charge in [-0.15, -0.1) is 16.9 Å². The van der Waals surface area contributed by atoms with Crippen molar-refractivity contribution in [2.75, 3.05) is 5.73 Å². The molecule has 10 nitrogen and oxygen atoms in total. The smallest absolute Gasteiger partial charge is 0.293 e. The number of anilines is 1.